The van der Waals surface area contributed by atoms with Crippen LogP contribution >= 0.6 is 11.8 Å². The van der Waals surface area contributed by atoms with Crippen molar-refractivity contribution in [3.8, 4) is 0 Å². The molecule has 0 bridgehead atoms. The Morgan fingerprint density at radius 3 is 2.20 bits per heavy atom. The van der Waals surface area contributed by atoms with Crippen LogP contribution in [0.1, 0.15) is 27.7 Å². The van der Waals surface area contributed by atoms with Crippen LogP contribution in [0.5, 0.6) is 0 Å². The van der Waals surface area contributed by atoms with Crippen molar-refractivity contribution in [2.24, 2.45) is 0 Å². The smallest absolute Gasteiger partial charge is 0.00376 e. The van der Waals surface area contributed by atoms with Crippen molar-refractivity contribution in [1.82, 2.24) is 0 Å². The highest BCUT2D eigenvalue weighted by Crippen LogP contribution is 2.21. The number of hydrogen-bond acceptors (Lipinski definition) is 1. The van der Waals surface area contributed by atoms with Gasteiger partial charge in [-0.25, -0.2) is 0 Å². The molecule has 0 saturated carbocycles. The van der Waals surface area contributed by atoms with Crippen LogP contribution in [0.3, 0.4) is 0 Å². The van der Waals surface area contributed by atoms with Crippen molar-refractivity contribution in [3.05, 3.63) is 23.1 Å². The van der Waals surface area contributed by atoms with E-state index in [1.54, 1.807) is 0 Å². The predicted molar refractivity (Wildman–Crippen MR) is 51.3 cm³/mol. The van der Waals surface area contributed by atoms with E-state index in [0.29, 0.717) is 5.25 Å². The molecule has 0 nitrogen and oxygen atoms in total. The molecule has 0 atom stereocenters. The Kier molecular flexibility index (Phi) is 5.51. The fourth-order valence-corrected chi connectivity index (χ4v) is 1.54. The van der Waals surface area contributed by atoms with Crippen LogP contribution < -0.4 is 0 Å². The molecule has 0 saturated heterocycles. The Balaban J connectivity index is 3.86. The third kappa shape index (κ3) is 4.68. The van der Waals surface area contributed by atoms with Crippen LogP contribution in [0.2, 0.25) is 0 Å². The summed E-state index contributed by atoms with van der Waals surface area (Å²) in [5, 5.41) is 0.683. The molecule has 10 heavy (non-hydrogen) atoms. The average Bonchev–Trinajstić information content (AvgIpc) is 1.86. The first-order valence-electron chi connectivity index (χ1n) is 3.66. The molecule has 0 unspecified atom stereocenters. The molecule has 0 aromatic heterocycles. The van der Waals surface area contributed by atoms with Gasteiger partial charge in [0.25, 0.3) is 0 Å². The first-order valence-corrected chi connectivity index (χ1v) is 4.54. The maximum Gasteiger partial charge on any atom is 0.00376 e. The summed E-state index contributed by atoms with van der Waals surface area (Å²) in [5.74, 6) is 0. The van der Waals surface area contributed by atoms with Crippen LogP contribution in [0, 0.1) is 0 Å². The van der Waals surface area contributed by atoms with Crippen molar-refractivity contribution < 1.29 is 0 Å². The summed E-state index contributed by atoms with van der Waals surface area (Å²) in [6.45, 7) is 8.53. The first-order chi connectivity index (χ1) is 4.70. The SMILES string of the molecule is C/C=C\C(=C/C)SC(C)C. The Hall–Kier alpha value is -0.170. The second-order valence-electron chi connectivity index (χ2n) is 2.36. The van der Waals surface area contributed by atoms with Crippen LogP contribution in [0.15, 0.2) is 23.1 Å². The fourth-order valence-electron chi connectivity index (χ4n) is 0.640. The molecular weight excluding hydrogens is 140 g/mol. The minimum Gasteiger partial charge on any atom is -0.124 e. The van der Waals surface area contributed by atoms with Crippen molar-refractivity contribution in [2.45, 2.75) is 32.9 Å². The van der Waals surface area contributed by atoms with E-state index in [4.69, 9.17) is 0 Å². The summed E-state index contributed by atoms with van der Waals surface area (Å²) in [6, 6.07) is 0. The molecule has 0 heterocycles. The van der Waals surface area contributed by atoms with Crippen LogP contribution in [-0.4, -0.2) is 5.25 Å². The molecule has 0 spiro atoms. The van der Waals surface area contributed by atoms with Crippen molar-refractivity contribution in [3.63, 3.8) is 0 Å². The quantitative estimate of drug-likeness (QED) is 0.562. The maximum atomic E-state index is 2.21. The topological polar surface area (TPSA) is 0 Å². The average molecular weight is 156 g/mol. The van der Waals surface area contributed by atoms with Crippen molar-refractivity contribution in [2.75, 3.05) is 0 Å². The predicted octanol–water partition coefficient (Wildman–Crippen LogP) is 3.61. The van der Waals surface area contributed by atoms with Crippen LogP contribution in [-0.2, 0) is 0 Å². The summed E-state index contributed by atoms with van der Waals surface area (Å²) in [6.07, 6.45) is 6.36. The van der Waals surface area contributed by atoms with Crippen molar-refractivity contribution in [1.29, 1.82) is 0 Å². The van der Waals surface area contributed by atoms with Gasteiger partial charge < -0.3 is 0 Å². The largest absolute Gasteiger partial charge is 0.124 e. The minimum atomic E-state index is 0.683. The zero-order chi connectivity index (χ0) is 7.98. The van der Waals surface area contributed by atoms with E-state index < -0.39 is 0 Å². The second kappa shape index (κ2) is 5.60. The molecule has 0 aliphatic heterocycles. The molecule has 1 heteroatoms. The van der Waals surface area contributed by atoms with Gasteiger partial charge in [0.05, 0.1) is 0 Å². The third-order valence-corrected chi connectivity index (χ3v) is 2.10. The minimum absolute atomic E-state index is 0.683. The lowest BCUT2D eigenvalue weighted by Gasteiger charge is -2.03. The molecule has 0 amide bonds. The number of hydrogen-bond donors (Lipinski definition) is 0. The van der Waals surface area contributed by atoms with Gasteiger partial charge in [0, 0.05) is 10.2 Å². The van der Waals surface area contributed by atoms with Gasteiger partial charge in [-0.2, -0.15) is 0 Å². The van der Waals surface area contributed by atoms with Crippen molar-refractivity contribution >= 4 is 11.8 Å². The van der Waals surface area contributed by atoms with E-state index in [9.17, 15) is 0 Å². The van der Waals surface area contributed by atoms with Gasteiger partial charge >= 0.3 is 0 Å². The number of thioether (sulfide) groups is 1. The van der Waals surface area contributed by atoms with E-state index in [2.05, 4.69) is 39.0 Å². The van der Waals surface area contributed by atoms with E-state index in [1.807, 2.05) is 18.7 Å². The maximum absolute atomic E-state index is 2.21. The van der Waals surface area contributed by atoms with E-state index in [-0.39, 0.29) is 0 Å². The van der Waals surface area contributed by atoms with Gasteiger partial charge in [-0.05, 0) is 13.8 Å². The summed E-state index contributed by atoms with van der Waals surface area (Å²) < 4.78 is 0. The monoisotopic (exact) mass is 156 g/mol. The van der Waals surface area contributed by atoms with Gasteiger partial charge in [-0.3, -0.25) is 0 Å². The van der Waals surface area contributed by atoms with Gasteiger partial charge in [0.15, 0.2) is 0 Å². The lowest BCUT2D eigenvalue weighted by Crippen LogP contribution is -1.85. The highest BCUT2D eigenvalue weighted by molar-refractivity contribution is 8.03. The van der Waals surface area contributed by atoms with Crippen LogP contribution in [0.25, 0.3) is 0 Å². The normalized spacial score (nSPS) is 13.5. The summed E-state index contributed by atoms with van der Waals surface area (Å²) in [5.41, 5.74) is 0. The van der Waals surface area contributed by atoms with Gasteiger partial charge in [0.2, 0.25) is 0 Å². The standard InChI is InChI=1S/C9H16S/c1-5-7-9(6-2)10-8(3)4/h5-8H,1-4H3/b7-5-,9-6+. The summed E-state index contributed by atoms with van der Waals surface area (Å²) in [4.78, 5) is 1.36. The molecule has 0 radical (unpaired) electrons. The molecule has 58 valence electrons. The fraction of sp³-hybridized carbons (Fsp3) is 0.556. The molecular formula is C9H16S. The van der Waals surface area contributed by atoms with Crippen LogP contribution in [0.4, 0.5) is 0 Å². The highest BCUT2D eigenvalue weighted by Gasteiger charge is 1.95. The van der Waals surface area contributed by atoms with E-state index >= 15 is 0 Å². The number of rotatable bonds is 3. The molecule has 0 aromatic carbocycles. The zero-order valence-electron chi connectivity index (χ0n) is 7.22. The lowest BCUT2D eigenvalue weighted by atomic mass is 10.4. The molecule has 0 fully saturated rings. The molecule has 0 N–H and O–H groups in total. The third-order valence-electron chi connectivity index (χ3n) is 0.987. The molecule has 0 aromatic rings. The highest BCUT2D eigenvalue weighted by atomic mass is 32.2. The van der Waals surface area contributed by atoms with E-state index in [0.717, 1.165) is 0 Å². The van der Waals surface area contributed by atoms with E-state index in [1.165, 1.54) is 4.91 Å². The Bertz CT molecular complexity index is 132. The van der Waals surface area contributed by atoms with Gasteiger partial charge in [-0.1, -0.05) is 32.1 Å². The molecule has 0 aliphatic carbocycles. The second-order valence-corrected chi connectivity index (χ2v) is 4.01. The molecule has 0 rings (SSSR count). The zero-order valence-corrected chi connectivity index (χ0v) is 8.03. The first kappa shape index (κ1) is 9.83. The Morgan fingerprint density at radius 2 is 1.90 bits per heavy atom. The number of allylic oxidation sites excluding steroid dienone is 3. The Morgan fingerprint density at radius 1 is 1.30 bits per heavy atom. The summed E-state index contributed by atoms with van der Waals surface area (Å²) >= 11 is 1.90. The van der Waals surface area contributed by atoms with Gasteiger partial charge in [0.1, 0.15) is 0 Å². The lowest BCUT2D eigenvalue weighted by molar-refractivity contribution is 1.12. The van der Waals surface area contributed by atoms with Gasteiger partial charge in [-0.15, -0.1) is 11.8 Å². The molecule has 0 aliphatic rings. The summed E-state index contributed by atoms with van der Waals surface area (Å²) in [7, 11) is 0. The Labute approximate surface area is 68.4 Å².